The van der Waals surface area contributed by atoms with Gasteiger partial charge in [0.2, 0.25) is 0 Å². The number of hydrogen-bond donors (Lipinski definition) is 2. The van der Waals surface area contributed by atoms with E-state index >= 15 is 0 Å². The van der Waals surface area contributed by atoms with Crippen molar-refractivity contribution < 1.29 is 14.2 Å². The van der Waals surface area contributed by atoms with Crippen LogP contribution in [0, 0.1) is 5.82 Å². The first kappa shape index (κ1) is 17.8. The van der Waals surface area contributed by atoms with E-state index in [1.807, 2.05) is 20.8 Å². The summed E-state index contributed by atoms with van der Waals surface area (Å²) in [5, 5.41) is 13.0. The number of hydrogen-bond acceptors (Lipinski definition) is 5. The van der Waals surface area contributed by atoms with Crippen molar-refractivity contribution in [3.8, 4) is 0 Å². The summed E-state index contributed by atoms with van der Waals surface area (Å²) in [6.07, 6.45) is 0.898. The van der Waals surface area contributed by atoms with E-state index in [1.165, 1.54) is 7.11 Å². The number of methoxy groups -OCH3 is 1. The van der Waals surface area contributed by atoms with E-state index in [9.17, 15) is 9.50 Å². The molecule has 0 fully saturated rings. The molecule has 1 atom stereocenters. The highest BCUT2D eigenvalue weighted by molar-refractivity contribution is 5.42. The minimum Gasteiger partial charge on any atom is -0.389 e. The average Bonchev–Trinajstić information content (AvgIpc) is 2.36. The summed E-state index contributed by atoms with van der Waals surface area (Å²) in [5.74, 6) is -0.125. The predicted molar refractivity (Wildman–Crippen MR) is 81.9 cm³/mol. The predicted octanol–water partition coefficient (Wildman–Crippen LogP) is 1.55. The Morgan fingerprint density at radius 2 is 2.14 bits per heavy atom. The molecular formula is C15H26FN3O2. The Kier molecular flexibility index (Phi) is 6.51. The molecule has 1 unspecified atom stereocenters. The quantitative estimate of drug-likeness (QED) is 0.800. The number of pyridine rings is 1. The van der Waals surface area contributed by atoms with E-state index in [2.05, 4.69) is 10.3 Å². The van der Waals surface area contributed by atoms with Gasteiger partial charge >= 0.3 is 0 Å². The minimum atomic E-state index is -0.683. The third kappa shape index (κ3) is 5.95. The number of nitrogens with one attached hydrogen (secondary N) is 1. The Morgan fingerprint density at radius 1 is 1.48 bits per heavy atom. The third-order valence-corrected chi connectivity index (χ3v) is 2.97. The van der Waals surface area contributed by atoms with Crippen molar-refractivity contribution in [1.29, 1.82) is 0 Å². The van der Waals surface area contributed by atoms with Gasteiger partial charge in [-0.05, 0) is 26.8 Å². The summed E-state index contributed by atoms with van der Waals surface area (Å²) in [5.41, 5.74) is 0.471. The lowest BCUT2D eigenvalue weighted by molar-refractivity contribution is 0.0693. The average molecular weight is 299 g/mol. The molecule has 0 aliphatic heterocycles. The zero-order chi connectivity index (χ0) is 16.0. The largest absolute Gasteiger partial charge is 0.389 e. The van der Waals surface area contributed by atoms with Crippen LogP contribution in [0.25, 0.3) is 0 Å². The Hall–Kier alpha value is -1.24. The molecule has 0 aliphatic rings. The maximum Gasteiger partial charge on any atom is 0.170 e. The maximum absolute atomic E-state index is 14.5. The highest BCUT2D eigenvalue weighted by atomic mass is 19.1. The Balaban J connectivity index is 2.79. The molecule has 0 aromatic carbocycles. The molecule has 0 aliphatic carbocycles. The summed E-state index contributed by atoms with van der Waals surface area (Å²) in [4.78, 5) is 5.66. The van der Waals surface area contributed by atoms with Gasteiger partial charge in [0, 0.05) is 44.5 Å². The highest BCUT2D eigenvalue weighted by Gasteiger charge is 2.17. The summed E-state index contributed by atoms with van der Waals surface area (Å²) in [7, 11) is 3.21. The van der Waals surface area contributed by atoms with Gasteiger partial charge < -0.3 is 20.1 Å². The van der Waals surface area contributed by atoms with Crippen molar-refractivity contribution in [1.82, 2.24) is 10.3 Å². The summed E-state index contributed by atoms with van der Waals surface area (Å²) < 4.78 is 19.3. The van der Waals surface area contributed by atoms with Crippen LogP contribution in [0.15, 0.2) is 12.3 Å². The molecule has 0 bridgehead atoms. The summed E-state index contributed by atoms with van der Waals surface area (Å²) >= 11 is 0. The standard InChI is InChI=1S/C15H26FN3O2/c1-15(2,3)18-8-11-6-7-17-14(13(11)16)19(4)9-12(20)10-21-5/h6-7,12,18,20H,8-10H2,1-5H3. The number of aromatic nitrogens is 1. The van der Waals surface area contributed by atoms with Gasteiger partial charge in [0.15, 0.2) is 11.6 Å². The van der Waals surface area contributed by atoms with E-state index < -0.39 is 6.10 Å². The molecule has 0 amide bonds. The van der Waals surface area contributed by atoms with Gasteiger partial charge in [0.25, 0.3) is 0 Å². The zero-order valence-electron chi connectivity index (χ0n) is 13.5. The first-order valence-corrected chi connectivity index (χ1v) is 7.01. The van der Waals surface area contributed by atoms with E-state index in [0.29, 0.717) is 12.1 Å². The fourth-order valence-electron chi connectivity index (χ4n) is 1.88. The van der Waals surface area contributed by atoms with Crippen LogP contribution >= 0.6 is 0 Å². The summed E-state index contributed by atoms with van der Waals surface area (Å²) in [6.45, 7) is 6.98. The fraction of sp³-hybridized carbons (Fsp3) is 0.667. The molecular weight excluding hydrogens is 273 g/mol. The number of rotatable bonds is 7. The van der Waals surface area contributed by atoms with Crippen molar-refractivity contribution in [3.63, 3.8) is 0 Å². The number of aliphatic hydroxyl groups is 1. The molecule has 1 aromatic heterocycles. The van der Waals surface area contributed by atoms with Crippen LogP contribution in [-0.2, 0) is 11.3 Å². The molecule has 0 radical (unpaired) electrons. The van der Waals surface area contributed by atoms with Crippen LogP contribution in [0.3, 0.4) is 0 Å². The number of aliphatic hydroxyl groups excluding tert-OH is 1. The normalized spacial score (nSPS) is 13.3. The molecule has 0 saturated carbocycles. The third-order valence-electron chi connectivity index (χ3n) is 2.97. The number of ether oxygens (including phenoxy) is 1. The first-order valence-electron chi connectivity index (χ1n) is 7.01. The molecule has 1 aromatic rings. The number of likely N-dealkylation sites (N-methyl/N-ethyl adjacent to an activating group) is 1. The van der Waals surface area contributed by atoms with Gasteiger partial charge in [-0.1, -0.05) is 0 Å². The van der Waals surface area contributed by atoms with Crippen LogP contribution < -0.4 is 10.2 Å². The van der Waals surface area contributed by atoms with E-state index in [1.54, 1.807) is 24.2 Å². The van der Waals surface area contributed by atoms with Gasteiger partial charge in [-0.15, -0.1) is 0 Å². The van der Waals surface area contributed by atoms with Gasteiger partial charge in [-0.25, -0.2) is 9.37 Å². The second-order valence-corrected chi connectivity index (χ2v) is 6.20. The van der Waals surface area contributed by atoms with Crippen LogP contribution in [-0.4, -0.2) is 49.0 Å². The second-order valence-electron chi connectivity index (χ2n) is 6.20. The van der Waals surface area contributed by atoms with Crippen molar-refractivity contribution in [2.45, 2.75) is 39.0 Å². The molecule has 2 N–H and O–H groups in total. The lowest BCUT2D eigenvalue weighted by Gasteiger charge is -2.24. The molecule has 6 heteroatoms. The maximum atomic E-state index is 14.5. The van der Waals surface area contributed by atoms with Crippen LogP contribution in [0.4, 0.5) is 10.2 Å². The lowest BCUT2D eigenvalue weighted by atomic mass is 10.1. The smallest absolute Gasteiger partial charge is 0.170 e. The molecule has 1 heterocycles. The number of halogens is 1. The van der Waals surface area contributed by atoms with Crippen LogP contribution in [0.1, 0.15) is 26.3 Å². The Morgan fingerprint density at radius 3 is 2.71 bits per heavy atom. The van der Waals surface area contributed by atoms with Gasteiger partial charge in [-0.2, -0.15) is 0 Å². The summed E-state index contributed by atoms with van der Waals surface area (Å²) in [6, 6.07) is 1.66. The monoisotopic (exact) mass is 299 g/mol. The van der Waals surface area contributed by atoms with Crippen molar-refractivity contribution in [2.24, 2.45) is 0 Å². The molecule has 120 valence electrons. The second kappa shape index (κ2) is 7.68. The van der Waals surface area contributed by atoms with Crippen molar-refractivity contribution in [3.05, 3.63) is 23.6 Å². The van der Waals surface area contributed by atoms with Crippen LogP contribution in [0.5, 0.6) is 0 Å². The van der Waals surface area contributed by atoms with E-state index in [-0.39, 0.29) is 30.3 Å². The first-order chi connectivity index (χ1) is 9.74. The Bertz CT molecular complexity index is 449. The van der Waals surface area contributed by atoms with Gasteiger partial charge in [-0.3, -0.25) is 0 Å². The van der Waals surface area contributed by atoms with Gasteiger partial charge in [0.05, 0.1) is 12.7 Å². The lowest BCUT2D eigenvalue weighted by Crippen LogP contribution is -2.36. The Labute approximate surface area is 126 Å². The van der Waals surface area contributed by atoms with Crippen LogP contribution in [0.2, 0.25) is 0 Å². The molecule has 1 rings (SSSR count). The van der Waals surface area contributed by atoms with E-state index in [0.717, 1.165) is 0 Å². The minimum absolute atomic E-state index is 0.0869. The van der Waals surface area contributed by atoms with Gasteiger partial charge in [0.1, 0.15) is 0 Å². The molecule has 0 spiro atoms. The van der Waals surface area contributed by atoms with E-state index in [4.69, 9.17) is 4.74 Å². The topological polar surface area (TPSA) is 57.6 Å². The highest BCUT2D eigenvalue weighted by Crippen LogP contribution is 2.19. The molecule has 21 heavy (non-hydrogen) atoms. The zero-order valence-corrected chi connectivity index (χ0v) is 13.5. The number of nitrogens with zero attached hydrogens (tertiary/aromatic N) is 2. The molecule has 5 nitrogen and oxygen atoms in total. The fourth-order valence-corrected chi connectivity index (χ4v) is 1.88. The molecule has 0 saturated heterocycles. The van der Waals surface area contributed by atoms with Crippen molar-refractivity contribution >= 4 is 5.82 Å². The SMILES string of the molecule is COCC(O)CN(C)c1nccc(CNC(C)(C)C)c1F. The number of anilines is 1. The van der Waals surface area contributed by atoms with Crippen molar-refractivity contribution in [2.75, 3.05) is 32.2 Å².